The molecule has 7 heteroatoms. The number of hydrogen-bond donors (Lipinski definition) is 2. The Labute approximate surface area is 114 Å². The van der Waals surface area contributed by atoms with Crippen LogP contribution in [0.3, 0.4) is 0 Å². The molecular formula is C11H17BrN4O2. The van der Waals surface area contributed by atoms with Gasteiger partial charge in [-0.15, -0.1) is 0 Å². The normalized spacial score (nSPS) is 10.5. The zero-order valence-electron chi connectivity index (χ0n) is 10.7. The number of anilines is 1. The zero-order chi connectivity index (χ0) is 13.7. The molecule has 0 spiro atoms. The Hall–Kier alpha value is -1.37. The largest absolute Gasteiger partial charge is 0.374 e. The van der Waals surface area contributed by atoms with E-state index in [4.69, 9.17) is 0 Å². The minimum absolute atomic E-state index is 0.00811. The van der Waals surface area contributed by atoms with E-state index in [0.717, 1.165) is 0 Å². The number of carbonyl (C=O) groups excluding carboxylic acids is 1. The summed E-state index contributed by atoms with van der Waals surface area (Å²) in [7, 11) is 0. The van der Waals surface area contributed by atoms with Gasteiger partial charge in [0, 0.05) is 6.54 Å². The number of nitrogens with one attached hydrogen (secondary N) is 2. The van der Waals surface area contributed by atoms with Crippen LogP contribution in [0.25, 0.3) is 0 Å². The first-order valence-electron chi connectivity index (χ1n) is 5.75. The van der Waals surface area contributed by atoms with E-state index in [-0.39, 0.29) is 24.1 Å². The van der Waals surface area contributed by atoms with Crippen LogP contribution in [0.1, 0.15) is 26.8 Å². The lowest BCUT2D eigenvalue weighted by Gasteiger charge is -2.12. The van der Waals surface area contributed by atoms with Gasteiger partial charge in [0.15, 0.2) is 0 Å². The number of likely N-dealkylation sites (N-methyl/N-ethyl adjacent to an activating group) is 1. The smallest absolute Gasteiger partial charge is 0.283 e. The molecule has 100 valence electrons. The summed E-state index contributed by atoms with van der Waals surface area (Å²) in [5, 5.41) is 9.57. The topological polar surface area (TPSA) is 76.0 Å². The van der Waals surface area contributed by atoms with Crippen LogP contribution >= 0.6 is 15.9 Å². The van der Waals surface area contributed by atoms with E-state index in [1.54, 1.807) is 0 Å². The second-order valence-corrected chi connectivity index (χ2v) is 4.82. The van der Waals surface area contributed by atoms with E-state index in [9.17, 15) is 9.59 Å². The molecule has 0 aliphatic carbocycles. The highest BCUT2D eigenvalue weighted by Crippen LogP contribution is 2.16. The van der Waals surface area contributed by atoms with Crippen LogP contribution in [-0.2, 0) is 4.79 Å². The van der Waals surface area contributed by atoms with E-state index < -0.39 is 0 Å². The monoisotopic (exact) mass is 316 g/mol. The van der Waals surface area contributed by atoms with Crippen molar-refractivity contribution < 1.29 is 4.79 Å². The number of hydrogen-bond acceptors (Lipinski definition) is 4. The van der Waals surface area contributed by atoms with E-state index in [0.29, 0.717) is 16.7 Å². The van der Waals surface area contributed by atoms with Crippen LogP contribution in [0.5, 0.6) is 0 Å². The average Bonchev–Trinajstić information content (AvgIpc) is 2.31. The van der Waals surface area contributed by atoms with Crippen molar-refractivity contribution in [3.8, 4) is 0 Å². The van der Waals surface area contributed by atoms with Gasteiger partial charge >= 0.3 is 0 Å². The highest BCUT2D eigenvalue weighted by molar-refractivity contribution is 9.10. The van der Waals surface area contributed by atoms with Gasteiger partial charge in [-0.05, 0) is 36.7 Å². The molecule has 0 atom stereocenters. The summed E-state index contributed by atoms with van der Waals surface area (Å²) in [4.78, 5) is 23.2. The Kier molecular flexibility index (Phi) is 5.33. The highest BCUT2D eigenvalue weighted by atomic mass is 79.9. The molecule has 0 saturated heterocycles. The quantitative estimate of drug-likeness (QED) is 0.854. The van der Waals surface area contributed by atoms with E-state index in [2.05, 4.69) is 31.7 Å². The van der Waals surface area contributed by atoms with Crippen LogP contribution < -0.4 is 16.2 Å². The molecule has 1 aromatic rings. The lowest BCUT2D eigenvalue weighted by atomic mass is 10.4. The SMILES string of the molecule is CCNC(=O)CNc1cnn(C(C)C)c(=O)c1Br. The van der Waals surface area contributed by atoms with E-state index >= 15 is 0 Å². The molecule has 1 heterocycles. The average molecular weight is 317 g/mol. The Morgan fingerprint density at radius 1 is 1.56 bits per heavy atom. The summed E-state index contributed by atoms with van der Waals surface area (Å²) in [5.41, 5.74) is 0.300. The number of rotatable bonds is 5. The first kappa shape index (κ1) is 14.7. The van der Waals surface area contributed by atoms with Gasteiger partial charge in [0.1, 0.15) is 4.47 Å². The van der Waals surface area contributed by atoms with Gasteiger partial charge in [0.25, 0.3) is 5.56 Å². The second kappa shape index (κ2) is 6.53. The lowest BCUT2D eigenvalue weighted by molar-refractivity contribution is -0.119. The summed E-state index contributed by atoms with van der Waals surface area (Å²) >= 11 is 3.22. The van der Waals surface area contributed by atoms with Crippen LogP contribution in [0.15, 0.2) is 15.5 Å². The molecule has 1 aromatic heterocycles. The van der Waals surface area contributed by atoms with Crippen LogP contribution in [0.4, 0.5) is 5.69 Å². The van der Waals surface area contributed by atoms with Crippen LogP contribution in [-0.4, -0.2) is 28.8 Å². The lowest BCUT2D eigenvalue weighted by Crippen LogP contribution is -2.31. The zero-order valence-corrected chi connectivity index (χ0v) is 12.2. The minimum Gasteiger partial charge on any atom is -0.374 e. The predicted molar refractivity (Wildman–Crippen MR) is 73.8 cm³/mol. The Morgan fingerprint density at radius 3 is 2.78 bits per heavy atom. The third kappa shape index (κ3) is 3.56. The highest BCUT2D eigenvalue weighted by Gasteiger charge is 2.11. The third-order valence-electron chi connectivity index (χ3n) is 2.25. The summed E-state index contributed by atoms with van der Waals surface area (Å²) in [6.07, 6.45) is 1.53. The molecule has 1 rings (SSSR count). The van der Waals surface area contributed by atoms with Crippen molar-refractivity contribution in [2.24, 2.45) is 0 Å². The number of halogens is 1. The molecule has 0 radical (unpaired) electrons. The Morgan fingerprint density at radius 2 is 2.22 bits per heavy atom. The molecule has 0 fully saturated rings. The molecule has 0 bridgehead atoms. The van der Waals surface area contributed by atoms with Gasteiger partial charge in [0.2, 0.25) is 5.91 Å². The number of nitrogens with zero attached hydrogens (tertiary/aromatic N) is 2. The van der Waals surface area contributed by atoms with Crippen molar-refractivity contribution in [1.29, 1.82) is 0 Å². The molecule has 2 N–H and O–H groups in total. The van der Waals surface area contributed by atoms with Gasteiger partial charge in [-0.1, -0.05) is 0 Å². The van der Waals surface area contributed by atoms with Crippen LogP contribution in [0, 0.1) is 0 Å². The van der Waals surface area contributed by atoms with Crippen molar-refractivity contribution in [1.82, 2.24) is 15.1 Å². The first-order chi connectivity index (χ1) is 8.47. The predicted octanol–water partition coefficient (Wildman–Crippen LogP) is 1.13. The van der Waals surface area contributed by atoms with Gasteiger partial charge in [-0.3, -0.25) is 9.59 Å². The van der Waals surface area contributed by atoms with Gasteiger partial charge < -0.3 is 10.6 Å². The number of carbonyl (C=O) groups is 1. The van der Waals surface area contributed by atoms with Crippen LogP contribution in [0.2, 0.25) is 0 Å². The van der Waals surface area contributed by atoms with Crippen molar-refractivity contribution >= 4 is 27.5 Å². The molecule has 6 nitrogen and oxygen atoms in total. The minimum atomic E-state index is -0.217. The fourth-order valence-electron chi connectivity index (χ4n) is 1.37. The maximum atomic E-state index is 11.9. The van der Waals surface area contributed by atoms with Crippen molar-refractivity contribution in [2.45, 2.75) is 26.8 Å². The van der Waals surface area contributed by atoms with Crippen molar-refractivity contribution in [3.63, 3.8) is 0 Å². The van der Waals surface area contributed by atoms with Crippen molar-refractivity contribution in [2.75, 3.05) is 18.4 Å². The summed E-state index contributed by atoms with van der Waals surface area (Å²) in [5.74, 6) is -0.127. The molecule has 18 heavy (non-hydrogen) atoms. The molecule has 0 aliphatic rings. The standard InChI is InChI=1S/C11H17BrN4O2/c1-4-13-9(17)6-14-8-5-15-16(7(2)3)11(18)10(8)12/h5,7,14H,4,6H2,1-3H3,(H,13,17). The van der Waals surface area contributed by atoms with Gasteiger partial charge in [0.05, 0.1) is 24.5 Å². The first-order valence-corrected chi connectivity index (χ1v) is 6.54. The Bertz CT molecular complexity index is 484. The van der Waals surface area contributed by atoms with E-state index in [1.807, 2.05) is 20.8 Å². The third-order valence-corrected chi connectivity index (χ3v) is 3.01. The summed E-state index contributed by atoms with van der Waals surface area (Å²) < 4.78 is 1.76. The van der Waals surface area contributed by atoms with Gasteiger partial charge in [-0.2, -0.15) is 5.10 Å². The fraction of sp³-hybridized carbons (Fsp3) is 0.545. The summed E-state index contributed by atoms with van der Waals surface area (Å²) in [6.45, 7) is 6.29. The summed E-state index contributed by atoms with van der Waals surface area (Å²) in [6, 6.07) is -0.00811. The second-order valence-electron chi connectivity index (χ2n) is 4.02. The molecule has 0 unspecified atom stereocenters. The molecule has 1 amide bonds. The van der Waals surface area contributed by atoms with Crippen molar-refractivity contribution in [3.05, 3.63) is 21.0 Å². The number of aromatic nitrogens is 2. The van der Waals surface area contributed by atoms with Gasteiger partial charge in [-0.25, -0.2) is 4.68 Å². The maximum absolute atomic E-state index is 11.9. The maximum Gasteiger partial charge on any atom is 0.283 e. The fourth-order valence-corrected chi connectivity index (χ4v) is 1.80. The number of amides is 1. The van der Waals surface area contributed by atoms with E-state index in [1.165, 1.54) is 10.9 Å². The molecule has 0 aliphatic heterocycles. The molecule has 0 aromatic carbocycles. The molecule has 0 saturated carbocycles. The Balaban J connectivity index is 2.83. The molecular weight excluding hydrogens is 300 g/mol.